The van der Waals surface area contributed by atoms with Gasteiger partial charge in [-0.3, -0.25) is 9.69 Å². The van der Waals surface area contributed by atoms with Crippen molar-refractivity contribution in [3.8, 4) is 17.2 Å². The van der Waals surface area contributed by atoms with E-state index in [4.69, 9.17) is 13.9 Å². The maximum Gasteiger partial charge on any atom is 0.337 e. The van der Waals surface area contributed by atoms with Crippen molar-refractivity contribution in [1.82, 2.24) is 4.90 Å². The Hall–Kier alpha value is -3.32. The summed E-state index contributed by atoms with van der Waals surface area (Å²) in [5.41, 5.74) is 1.60. The molecule has 1 aromatic heterocycles. The molecule has 0 radical (unpaired) electrons. The lowest BCUT2D eigenvalue weighted by atomic mass is 10.1. The first-order valence-corrected chi connectivity index (χ1v) is 10.4. The molecule has 1 aliphatic carbocycles. The fourth-order valence-electron chi connectivity index (χ4n) is 4.39. The van der Waals surface area contributed by atoms with Crippen LogP contribution in [0.5, 0.6) is 17.2 Å². The number of benzene rings is 2. The Labute approximate surface area is 179 Å². The van der Waals surface area contributed by atoms with Crippen molar-refractivity contribution in [2.24, 2.45) is 0 Å². The second kappa shape index (κ2) is 8.07. The molecule has 0 saturated heterocycles. The van der Waals surface area contributed by atoms with Crippen molar-refractivity contribution in [1.29, 1.82) is 0 Å². The van der Waals surface area contributed by atoms with Crippen LogP contribution in [-0.4, -0.2) is 30.8 Å². The molecule has 0 bridgehead atoms. The van der Waals surface area contributed by atoms with Crippen molar-refractivity contribution in [2.75, 3.05) is 13.8 Å². The largest absolute Gasteiger partial charge is 0.478 e. The summed E-state index contributed by atoms with van der Waals surface area (Å²) in [7, 11) is 1.32. The van der Waals surface area contributed by atoms with Gasteiger partial charge in [0.25, 0.3) is 0 Å². The molecule has 5 rings (SSSR count). The molecule has 1 saturated carbocycles. The standard InChI is InChI=1S/C24H23NO6/c1-28-24(27)15-6-8-17(9-7-15)31-21-13-29-23-18(22(21)26)10-11-20-19(23)12-25(14-30-20)16-4-2-3-5-16/h6-11,13,16H,2-5,12,14H2,1H3. The summed E-state index contributed by atoms with van der Waals surface area (Å²) < 4.78 is 22.3. The van der Waals surface area contributed by atoms with E-state index in [1.54, 1.807) is 30.3 Å². The first-order valence-electron chi connectivity index (χ1n) is 10.4. The zero-order chi connectivity index (χ0) is 21.4. The number of nitrogens with zero attached hydrogens (tertiary/aromatic N) is 1. The second-order valence-electron chi connectivity index (χ2n) is 7.92. The first kappa shape index (κ1) is 19.6. The highest BCUT2D eigenvalue weighted by Crippen LogP contribution is 2.35. The number of carbonyl (C=O) groups excluding carboxylic acids is 1. The lowest BCUT2D eigenvalue weighted by molar-refractivity contribution is 0.0581. The van der Waals surface area contributed by atoms with Gasteiger partial charge >= 0.3 is 5.97 Å². The molecule has 160 valence electrons. The number of carbonyl (C=O) groups is 1. The molecule has 2 heterocycles. The molecule has 0 amide bonds. The van der Waals surface area contributed by atoms with Crippen LogP contribution < -0.4 is 14.9 Å². The maximum absolute atomic E-state index is 13.1. The second-order valence-corrected chi connectivity index (χ2v) is 7.92. The lowest BCUT2D eigenvalue weighted by Crippen LogP contribution is -2.39. The smallest absolute Gasteiger partial charge is 0.337 e. The third-order valence-electron chi connectivity index (χ3n) is 6.06. The number of hydrogen-bond donors (Lipinski definition) is 0. The summed E-state index contributed by atoms with van der Waals surface area (Å²) >= 11 is 0. The topological polar surface area (TPSA) is 78.2 Å². The molecule has 0 unspecified atom stereocenters. The third kappa shape index (κ3) is 3.65. The summed E-state index contributed by atoms with van der Waals surface area (Å²) in [6.45, 7) is 1.27. The molecule has 2 aliphatic rings. The summed E-state index contributed by atoms with van der Waals surface area (Å²) in [5.74, 6) is 0.836. The van der Waals surface area contributed by atoms with Gasteiger partial charge in [-0.05, 0) is 49.2 Å². The molecule has 3 aromatic rings. The molecule has 0 atom stereocenters. The Bertz CT molecular complexity index is 1180. The van der Waals surface area contributed by atoms with Crippen LogP contribution in [0.15, 0.2) is 51.9 Å². The van der Waals surface area contributed by atoms with E-state index in [2.05, 4.69) is 9.64 Å². The molecule has 0 spiro atoms. The molecule has 31 heavy (non-hydrogen) atoms. The van der Waals surface area contributed by atoms with E-state index in [0.29, 0.717) is 41.6 Å². The van der Waals surface area contributed by atoms with Crippen molar-refractivity contribution in [3.05, 3.63) is 64.0 Å². The van der Waals surface area contributed by atoms with Crippen molar-refractivity contribution in [2.45, 2.75) is 38.3 Å². The number of esters is 1. The highest BCUT2D eigenvalue weighted by molar-refractivity contribution is 5.89. The van der Waals surface area contributed by atoms with E-state index < -0.39 is 5.97 Å². The summed E-state index contributed by atoms with van der Waals surface area (Å²) in [5, 5.41) is 0.458. The van der Waals surface area contributed by atoms with E-state index in [-0.39, 0.29) is 11.2 Å². The zero-order valence-corrected chi connectivity index (χ0v) is 17.3. The van der Waals surface area contributed by atoms with E-state index in [1.807, 2.05) is 6.07 Å². The fourth-order valence-corrected chi connectivity index (χ4v) is 4.39. The maximum atomic E-state index is 13.1. The fraction of sp³-hybridized carbons (Fsp3) is 0.333. The third-order valence-corrected chi connectivity index (χ3v) is 6.06. The number of ether oxygens (including phenoxy) is 3. The lowest BCUT2D eigenvalue weighted by Gasteiger charge is -2.33. The average Bonchev–Trinajstić information content (AvgIpc) is 3.35. The summed E-state index contributed by atoms with van der Waals surface area (Å²) in [4.78, 5) is 27.0. The number of hydrogen-bond acceptors (Lipinski definition) is 7. The quantitative estimate of drug-likeness (QED) is 0.575. The zero-order valence-electron chi connectivity index (χ0n) is 17.3. The minimum absolute atomic E-state index is 0.0858. The van der Waals surface area contributed by atoms with Gasteiger partial charge in [0.15, 0.2) is 0 Å². The van der Waals surface area contributed by atoms with Crippen LogP contribution in [0.1, 0.15) is 41.6 Å². The van der Waals surface area contributed by atoms with Crippen LogP contribution in [0.2, 0.25) is 0 Å². The van der Waals surface area contributed by atoms with Gasteiger partial charge in [-0.15, -0.1) is 0 Å². The summed E-state index contributed by atoms with van der Waals surface area (Å²) in [6.07, 6.45) is 6.20. The SMILES string of the molecule is COC(=O)c1ccc(Oc2coc3c4c(ccc3c2=O)OCN(C2CCCC2)C4)cc1. The summed E-state index contributed by atoms with van der Waals surface area (Å²) in [6, 6.07) is 10.4. The predicted molar refractivity (Wildman–Crippen MR) is 114 cm³/mol. The van der Waals surface area contributed by atoms with Gasteiger partial charge in [-0.1, -0.05) is 12.8 Å². The Kier molecular flexibility index (Phi) is 5.11. The van der Waals surface area contributed by atoms with Gasteiger partial charge in [-0.2, -0.15) is 0 Å². The molecule has 7 heteroatoms. The van der Waals surface area contributed by atoms with E-state index in [0.717, 1.165) is 11.3 Å². The Morgan fingerprint density at radius 2 is 1.87 bits per heavy atom. The monoisotopic (exact) mass is 421 g/mol. The van der Waals surface area contributed by atoms with E-state index in [9.17, 15) is 9.59 Å². The molecule has 1 aliphatic heterocycles. The molecule has 0 N–H and O–H groups in total. The molecular weight excluding hydrogens is 398 g/mol. The number of rotatable bonds is 4. The van der Waals surface area contributed by atoms with Crippen molar-refractivity contribution >= 4 is 16.9 Å². The number of methoxy groups -OCH3 is 1. The van der Waals surface area contributed by atoms with E-state index >= 15 is 0 Å². The van der Waals surface area contributed by atoms with Crippen LogP contribution in [0.25, 0.3) is 11.0 Å². The van der Waals surface area contributed by atoms with Gasteiger partial charge < -0.3 is 18.6 Å². The number of fused-ring (bicyclic) bond motifs is 3. The van der Waals surface area contributed by atoms with Crippen molar-refractivity contribution in [3.63, 3.8) is 0 Å². The Morgan fingerprint density at radius 3 is 2.61 bits per heavy atom. The Morgan fingerprint density at radius 1 is 1.10 bits per heavy atom. The van der Waals surface area contributed by atoms with Gasteiger partial charge in [0, 0.05) is 12.6 Å². The van der Waals surface area contributed by atoms with Gasteiger partial charge in [0.1, 0.15) is 30.1 Å². The van der Waals surface area contributed by atoms with Crippen molar-refractivity contribution < 1.29 is 23.4 Å². The highest BCUT2D eigenvalue weighted by Gasteiger charge is 2.29. The first-order chi connectivity index (χ1) is 15.1. The van der Waals surface area contributed by atoms with Gasteiger partial charge in [-0.25, -0.2) is 4.79 Å². The van der Waals surface area contributed by atoms with Gasteiger partial charge in [0.05, 0.1) is 23.6 Å². The molecule has 2 aromatic carbocycles. The van der Waals surface area contributed by atoms with E-state index in [1.165, 1.54) is 39.1 Å². The van der Waals surface area contributed by atoms with Crippen LogP contribution in [0, 0.1) is 0 Å². The Balaban J connectivity index is 1.44. The van der Waals surface area contributed by atoms with Crippen LogP contribution in [0.4, 0.5) is 0 Å². The molecular formula is C24H23NO6. The minimum Gasteiger partial charge on any atom is -0.478 e. The van der Waals surface area contributed by atoms with Gasteiger partial charge in [0.2, 0.25) is 11.2 Å². The molecule has 1 fully saturated rings. The van der Waals surface area contributed by atoms with Crippen LogP contribution >= 0.6 is 0 Å². The normalized spacial score (nSPS) is 16.7. The molecule has 7 nitrogen and oxygen atoms in total. The highest BCUT2D eigenvalue weighted by atomic mass is 16.5. The predicted octanol–water partition coefficient (Wildman–Crippen LogP) is 4.47. The minimum atomic E-state index is -0.435. The average molecular weight is 421 g/mol. The van der Waals surface area contributed by atoms with Crippen LogP contribution in [0.3, 0.4) is 0 Å². The van der Waals surface area contributed by atoms with Crippen LogP contribution in [-0.2, 0) is 11.3 Å².